The maximum absolute atomic E-state index is 10.5. The number of hydrogen-bond acceptors (Lipinski definition) is 5. The first kappa shape index (κ1) is 20.7. The van der Waals surface area contributed by atoms with E-state index in [1.807, 2.05) is 19.1 Å². The van der Waals surface area contributed by atoms with Gasteiger partial charge in [0.05, 0.1) is 12.2 Å². The molecular formula is C23H33N5O2. The summed E-state index contributed by atoms with van der Waals surface area (Å²) in [5.41, 5.74) is 4.69. The number of phenols is 1. The zero-order chi connectivity index (χ0) is 20.9. The Kier molecular flexibility index (Phi) is 6.57. The van der Waals surface area contributed by atoms with Crippen LogP contribution in [0, 0.1) is 6.92 Å². The third-order valence-corrected chi connectivity index (χ3v) is 6.08. The van der Waals surface area contributed by atoms with E-state index in [0.717, 1.165) is 75.1 Å². The maximum atomic E-state index is 10.5. The molecule has 1 saturated heterocycles. The van der Waals surface area contributed by atoms with Crippen molar-refractivity contribution in [2.75, 3.05) is 32.7 Å². The molecule has 1 aromatic heterocycles. The van der Waals surface area contributed by atoms with Crippen molar-refractivity contribution in [1.82, 2.24) is 20.3 Å². The third kappa shape index (κ3) is 4.78. The molecule has 2 heterocycles. The molecule has 0 saturated carbocycles. The molecule has 0 atom stereocenters. The highest BCUT2D eigenvalue weighted by atomic mass is 16.5. The van der Waals surface area contributed by atoms with Gasteiger partial charge in [0.25, 0.3) is 0 Å². The first-order valence-corrected chi connectivity index (χ1v) is 11.1. The lowest BCUT2D eigenvalue weighted by Gasteiger charge is -2.36. The van der Waals surface area contributed by atoms with Crippen LogP contribution in [-0.2, 0) is 25.9 Å². The molecule has 7 nitrogen and oxygen atoms in total. The molecule has 162 valence electrons. The Morgan fingerprint density at radius 3 is 2.73 bits per heavy atom. The van der Waals surface area contributed by atoms with Crippen molar-refractivity contribution in [3.8, 4) is 5.75 Å². The number of nitrogens with zero attached hydrogens (tertiary/aromatic N) is 4. The van der Waals surface area contributed by atoms with E-state index in [1.165, 1.54) is 24.0 Å². The number of aryl methyl sites for hydroxylation is 2. The second kappa shape index (κ2) is 9.51. The van der Waals surface area contributed by atoms with Crippen LogP contribution in [0.4, 0.5) is 0 Å². The molecule has 2 aliphatic rings. The van der Waals surface area contributed by atoms with E-state index in [2.05, 4.69) is 33.3 Å². The van der Waals surface area contributed by atoms with Crippen molar-refractivity contribution in [2.24, 2.45) is 4.99 Å². The van der Waals surface area contributed by atoms with Crippen molar-refractivity contribution in [3.05, 3.63) is 46.3 Å². The molecule has 1 aliphatic carbocycles. The molecule has 0 amide bonds. The summed E-state index contributed by atoms with van der Waals surface area (Å²) in [7, 11) is 0. The van der Waals surface area contributed by atoms with Crippen LogP contribution < -0.4 is 5.32 Å². The highest BCUT2D eigenvalue weighted by Gasteiger charge is 2.21. The Hall–Kier alpha value is -2.54. The number of aromatic nitrogens is 1. The van der Waals surface area contributed by atoms with Crippen molar-refractivity contribution < 1.29 is 9.63 Å². The lowest BCUT2D eigenvalue weighted by Crippen LogP contribution is -2.52. The predicted molar refractivity (Wildman–Crippen MR) is 118 cm³/mol. The van der Waals surface area contributed by atoms with Crippen LogP contribution in [0.25, 0.3) is 0 Å². The van der Waals surface area contributed by atoms with E-state index in [0.29, 0.717) is 12.3 Å². The first-order valence-electron chi connectivity index (χ1n) is 11.1. The van der Waals surface area contributed by atoms with Crippen molar-refractivity contribution >= 4 is 5.96 Å². The van der Waals surface area contributed by atoms with E-state index >= 15 is 0 Å². The number of hydrogen-bond donors (Lipinski definition) is 2. The summed E-state index contributed by atoms with van der Waals surface area (Å²) in [4.78, 5) is 9.63. The molecular weight excluding hydrogens is 378 g/mol. The summed E-state index contributed by atoms with van der Waals surface area (Å²) in [6.07, 6.45) is 4.59. The largest absolute Gasteiger partial charge is 0.508 e. The minimum atomic E-state index is 0.378. The average Bonchev–Trinajstić information content (AvgIpc) is 3.17. The third-order valence-electron chi connectivity index (χ3n) is 6.08. The van der Waals surface area contributed by atoms with Gasteiger partial charge in [-0.3, -0.25) is 4.90 Å². The average molecular weight is 412 g/mol. The minimum Gasteiger partial charge on any atom is -0.508 e. The highest BCUT2D eigenvalue weighted by Crippen LogP contribution is 2.31. The zero-order valence-electron chi connectivity index (χ0n) is 18.2. The molecule has 0 radical (unpaired) electrons. The van der Waals surface area contributed by atoms with Gasteiger partial charge in [0.15, 0.2) is 5.96 Å². The minimum absolute atomic E-state index is 0.378. The van der Waals surface area contributed by atoms with Gasteiger partial charge in [-0.15, -0.1) is 0 Å². The van der Waals surface area contributed by atoms with Gasteiger partial charge in [-0.25, -0.2) is 4.99 Å². The molecule has 1 aromatic carbocycles. The summed E-state index contributed by atoms with van der Waals surface area (Å²) >= 11 is 0. The van der Waals surface area contributed by atoms with Crippen LogP contribution in [0.1, 0.15) is 47.9 Å². The molecule has 0 spiro atoms. The molecule has 2 N–H and O–H groups in total. The molecule has 1 fully saturated rings. The predicted octanol–water partition coefficient (Wildman–Crippen LogP) is 2.85. The number of benzene rings is 1. The van der Waals surface area contributed by atoms with Crippen molar-refractivity contribution in [3.63, 3.8) is 0 Å². The van der Waals surface area contributed by atoms with Gasteiger partial charge in [0.2, 0.25) is 0 Å². The van der Waals surface area contributed by atoms with Crippen molar-refractivity contribution in [2.45, 2.75) is 52.6 Å². The quantitative estimate of drug-likeness (QED) is 0.582. The van der Waals surface area contributed by atoms with Gasteiger partial charge >= 0.3 is 0 Å². The molecule has 0 bridgehead atoms. The number of aliphatic imine (C=N–C) groups is 1. The summed E-state index contributed by atoms with van der Waals surface area (Å²) in [6.45, 7) is 9.96. The molecule has 2 aromatic rings. The number of aromatic hydroxyl groups is 1. The van der Waals surface area contributed by atoms with Crippen LogP contribution in [0.2, 0.25) is 0 Å². The fourth-order valence-corrected chi connectivity index (χ4v) is 4.49. The number of nitrogens with one attached hydrogen (secondary N) is 1. The summed E-state index contributed by atoms with van der Waals surface area (Å²) in [5.74, 6) is 2.17. The SMILES string of the molecule is CCNC(=NCc1c(O)ccc2c1CCCC2)N1CCN(Cc2cc(C)on2)CC1. The van der Waals surface area contributed by atoms with Gasteiger partial charge in [-0.1, -0.05) is 11.2 Å². The van der Waals surface area contributed by atoms with Gasteiger partial charge in [0, 0.05) is 50.9 Å². The van der Waals surface area contributed by atoms with E-state index < -0.39 is 0 Å². The van der Waals surface area contributed by atoms with Crippen LogP contribution in [-0.4, -0.2) is 58.7 Å². The normalized spacial score (nSPS) is 17.8. The van der Waals surface area contributed by atoms with E-state index in [4.69, 9.17) is 9.52 Å². The van der Waals surface area contributed by atoms with E-state index in [1.54, 1.807) is 0 Å². The fourth-order valence-electron chi connectivity index (χ4n) is 4.49. The lowest BCUT2D eigenvalue weighted by atomic mass is 9.88. The monoisotopic (exact) mass is 411 g/mol. The number of phenolic OH excluding ortho intramolecular Hbond substituents is 1. The zero-order valence-corrected chi connectivity index (χ0v) is 18.2. The molecule has 0 unspecified atom stereocenters. The van der Waals surface area contributed by atoms with Gasteiger partial charge in [0.1, 0.15) is 11.5 Å². The summed E-state index contributed by atoms with van der Waals surface area (Å²) in [5, 5.41) is 18.0. The fraction of sp³-hybridized carbons (Fsp3) is 0.565. The molecule has 30 heavy (non-hydrogen) atoms. The van der Waals surface area contributed by atoms with Crippen molar-refractivity contribution in [1.29, 1.82) is 0 Å². The maximum Gasteiger partial charge on any atom is 0.194 e. The second-order valence-electron chi connectivity index (χ2n) is 8.27. The highest BCUT2D eigenvalue weighted by molar-refractivity contribution is 5.80. The van der Waals surface area contributed by atoms with Crippen LogP contribution in [0.3, 0.4) is 0 Å². The Morgan fingerprint density at radius 2 is 2.00 bits per heavy atom. The lowest BCUT2D eigenvalue weighted by molar-refractivity contribution is 0.169. The molecule has 4 rings (SSSR count). The standard InChI is InChI=1S/C23H33N5O2/c1-3-24-23(25-15-21-20-7-5-4-6-18(20)8-9-22(21)29)28-12-10-27(11-13-28)16-19-14-17(2)30-26-19/h8-9,14,29H,3-7,10-13,15-16H2,1-2H3,(H,24,25). The van der Waals surface area contributed by atoms with E-state index in [-0.39, 0.29) is 0 Å². The Labute approximate surface area is 178 Å². The van der Waals surface area contributed by atoms with Crippen LogP contribution in [0.5, 0.6) is 5.75 Å². The second-order valence-corrected chi connectivity index (χ2v) is 8.27. The first-order chi connectivity index (χ1) is 14.6. The topological polar surface area (TPSA) is 77.1 Å². The number of fused-ring (bicyclic) bond motifs is 1. The Balaban J connectivity index is 1.41. The van der Waals surface area contributed by atoms with Crippen LogP contribution >= 0.6 is 0 Å². The van der Waals surface area contributed by atoms with Gasteiger partial charge in [-0.2, -0.15) is 0 Å². The van der Waals surface area contributed by atoms with Crippen LogP contribution in [0.15, 0.2) is 27.7 Å². The Morgan fingerprint density at radius 1 is 1.20 bits per heavy atom. The number of piperazine rings is 1. The van der Waals surface area contributed by atoms with Gasteiger partial charge in [-0.05, 0) is 56.7 Å². The summed E-state index contributed by atoms with van der Waals surface area (Å²) in [6, 6.07) is 5.93. The molecule has 7 heteroatoms. The van der Waals surface area contributed by atoms with Gasteiger partial charge < -0.3 is 19.8 Å². The number of rotatable bonds is 5. The summed E-state index contributed by atoms with van der Waals surface area (Å²) < 4.78 is 5.18. The number of guanidine groups is 1. The molecule has 1 aliphatic heterocycles. The Bertz CT molecular complexity index is 884. The smallest absolute Gasteiger partial charge is 0.194 e. The van der Waals surface area contributed by atoms with E-state index in [9.17, 15) is 5.11 Å².